The average molecular weight is 449 g/mol. The van der Waals surface area contributed by atoms with E-state index in [1.807, 2.05) is 26.0 Å². The lowest BCUT2D eigenvalue weighted by atomic mass is 9.97. The summed E-state index contributed by atoms with van der Waals surface area (Å²) in [6.45, 7) is 1.64. The molecule has 0 atom stereocenters. The quantitative estimate of drug-likeness (QED) is 0.303. The number of nitrogens with zero attached hydrogens (tertiary/aromatic N) is 3. The highest BCUT2D eigenvalue weighted by molar-refractivity contribution is 14.0. The van der Waals surface area contributed by atoms with E-state index in [1.165, 1.54) is 25.7 Å². The molecule has 23 heavy (non-hydrogen) atoms. The molecule has 2 rings (SSSR count). The molecule has 5 nitrogen and oxygen atoms in total. The number of hydrogen-bond donors (Lipinski definition) is 2. The van der Waals surface area contributed by atoms with Gasteiger partial charge in [-0.05, 0) is 32.1 Å². The van der Waals surface area contributed by atoms with Crippen molar-refractivity contribution in [3.63, 3.8) is 0 Å². The topological polar surface area (TPSA) is 52.6 Å². The minimum Gasteiger partial charge on any atom is -0.356 e. The Kier molecular flexibility index (Phi) is 9.54. The summed E-state index contributed by atoms with van der Waals surface area (Å²) < 4.78 is 0. The summed E-state index contributed by atoms with van der Waals surface area (Å²) in [4.78, 5) is 10.9. The number of aromatic nitrogens is 1. The Hall–Kier alpha value is -0.830. The summed E-state index contributed by atoms with van der Waals surface area (Å²) in [6.07, 6.45) is 8.72. The number of aliphatic imine (C=N–C) groups is 1. The van der Waals surface area contributed by atoms with E-state index in [9.17, 15) is 0 Å². The first-order chi connectivity index (χ1) is 10.7. The molecule has 1 aliphatic carbocycles. The smallest absolute Gasteiger partial charge is 0.191 e. The van der Waals surface area contributed by atoms with Gasteiger partial charge in [-0.15, -0.1) is 35.3 Å². The van der Waals surface area contributed by atoms with Gasteiger partial charge < -0.3 is 15.5 Å². The first kappa shape index (κ1) is 20.2. The van der Waals surface area contributed by atoms with Crippen molar-refractivity contribution >= 4 is 46.4 Å². The minimum absolute atomic E-state index is 0. The van der Waals surface area contributed by atoms with Crippen LogP contribution in [0.2, 0.25) is 0 Å². The molecule has 1 aromatic rings. The lowest BCUT2D eigenvalue weighted by Crippen LogP contribution is -2.37. The number of guanidine groups is 1. The van der Waals surface area contributed by atoms with Crippen LogP contribution in [0.5, 0.6) is 0 Å². The third kappa shape index (κ3) is 7.07. The Labute approximate surface area is 160 Å². The third-order valence-corrected chi connectivity index (χ3v) is 4.76. The largest absolute Gasteiger partial charge is 0.356 e. The number of halogens is 1. The molecular formula is C16H28IN5S. The van der Waals surface area contributed by atoms with Gasteiger partial charge in [-0.25, -0.2) is 4.98 Å². The highest BCUT2D eigenvalue weighted by atomic mass is 127. The Bertz CT molecular complexity index is 524. The summed E-state index contributed by atoms with van der Waals surface area (Å²) in [6, 6.07) is 0. The van der Waals surface area contributed by atoms with Crippen molar-refractivity contribution in [2.45, 2.75) is 38.6 Å². The fourth-order valence-corrected chi connectivity index (χ4v) is 3.21. The average Bonchev–Trinajstić information content (AvgIpc) is 3.01. The van der Waals surface area contributed by atoms with Gasteiger partial charge in [-0.3, -0.25) is 4.99 Å². The van der Waals surface area contributed by atoms with Crippen molar-refractivity contribution in [1.29, 1.82) is 0 Å². The van der Waals surface area contributed by atoms with E-state index >= 15 is 0 Å². The molecule has 130 valence electrons. The lowest BCUT2D eigenvalue weighted by molar-refractivity contribution is 0.665. The van der Waals surface area contributed by atoms with Gasteiger partial charge in [-0.2, -0.15) is 0 Å². The van der Waals surface area contributed by atoms with Crippen LogP contribution in [-0.2, 0) is 6.54 Å². The predicted octanol–water partition coefficient (Wildman–Crippen LogP) is 3.38. The molecule has 0 radical (unpaired) electrons. The van der Waals surface area contributed by atoms with E-state index in [2.05, 4.69) is 32.1 Å². The Morgan fingerprint density at radius 3 is 2.78 bits per heavy atom. The van der Waals surface area contributed by atoms with Gasteiger partial charge in [0, 0.05) is 33.1 Å². The summed E-state index contributed by atoms with van der Waals surface area (Å²) in [5.41, 5.74) is 2.64. The maximum atomic E-state index is 4.56. The van der Waals surface area contributed by atoms with Gasteiger partial charge in [0.1, 0.15) is 0 Å². The van der Waals surface area contributed by atoms with Gasteiger partial charge in [0.25, 0.3) is 0 Å². The molecule has 0 amide bonds. The SMILES string of the molecule is CN=C(NCCC1=CCCCC1)NCc1csc(N(C)C)n1.I. The summed E-state index contributed by atoms with van der Waals surface area (Å²) in [5, 5.41) is 9.82. The Balaban J connectivity index is 0.00000264. The second kappa shape index (κ2) is 10.9. The molecule has 0 spiro atoms. The van der Waals surface area contributed by atoms with Crippen LogP contribution < -0.4 is 15.5 Å². The van der Waals surface area contributed by atoms with Crippen LogP contribution in [0.15, 0.2) is 22.0 Å². The van der Waals surface area contributed by atoms with E-state index in [-0.39, 0.29) is 24.0 Å². The van der Waals surface area contributed by atoms with Crippen LogP contribution in [0.25, 0.3) is 0 Å². The molecule has 0 aliphatic heterocycles. The van der Waals surface area contributed by atoms with Crippen LogP contribution >= 0.6 is 35.3 Å². The normalized spacial score (nSPS) is 14.7. The van der Waals surface area contributed by atoms with E-state index in [1.54, 1.807) is 16.9 Å². The predicted molar refractivity (Wildman–Crippen MR) is 111 cm³/mol. The molecular weight excluding hydrogens is 421 g/mol. The van der Waals surface area contributed by atoms with Crippen LogP contribution in [0.1, 0.15) is 37.8 Å². The maximum Gasteiger partial charge on any atom is 0.191 e. The van der Waals surface area contributed by atoms with Gasteiger partial charge in [0.05, 0.1) is 12.2 Å². The highest BCUT2D eigenvalue weighted by Gasteiger charge is 2.06. The molecule has 0 aromatic carbocycles. The number of hydrogen-bond acceptors (Lipinski definition) is 4. The van der Waals surface area contributed by atoms with Gasteiger partial charge >= 0.3 is 0 Å². The van der Waals surface area contributed by atoms with E-state index in [4.69, 9.17) is 0 Å². The molecule has 1 aromatic heterocycles. The standard InChI is InChI=1S/C16H27N5S.HI/c1-17-15(18-10-9-13-7-5-4-6-8-13)19-11-14-12-22-16(20-14)21(2)3;/h7,12H,4-6,8-11H2,1-3H3,(H2,17,18,19);1H. The molecule has 7 heteroatoms. The number of thiazole rings is 1. The van der Waals surface area contributed by atoms with Crippen molar-refractivity contribution in [2.24, 2.45) is 4.99 Å². The van der Waals surface area contributed by atoms with E-state index < -0.39 is 0 Å². The van der Waals surface area contributed by atoms with Gasteiger partial charge in [0.2, 0.25) is 0 Å². The molecule has 1 aliphatic rings. The fourth-order valence-electron chi connectivity index (χ4n) is 2.45. The van der Waals surface area contributed by atoms with E-state index in [0.717, 1.165) is 29.8 Å². The molecule has 0 saturated heterocycles. The molecule has 1 heterocycles. The second-order valence-electron chi connectivity index (χ2n) is 5.73. The monoisotopic (exact) mass is 449 g/mol. The van der Waals surface area contributed by atoms with Crippen LogP contribution in [0, 0.1) is 0 Å². The molecule has 0 unspecified atom stereocenters. The maximum absolute atomic E-state index is 4.56. The first-order valence-corrected chi connectivity index (χ1v) is 8.81. The minimum atomic E-state index is 0. The van der Waals surface area contributed by atoms with Crippen molar-refractivity contribution in [3.05, 3.63) is 22.7 Å². The molecule has 2 N–H and O–H groups in total. The van der Waals surface area contributed by atoms with Crippen LogP contribution in [0.3, 0.4) is 0 Å². The Morgan fingerprint density at radius 2 is 2.17 bits per heavy atom. The molecule has 0 saturated carbocycles. The van der Waals surface area contributed by atoms with Crippen molar-refractivity contribution in [1.82, 2.24) is 15.6 Å². The number of nitrogens with one attached hydrogen (secondary N) is 2. The van der Waals surface area contributed by atoms with Crippen molar-refractivity contribution in [2.75, 3.05) is 32.6 Å². The van der Waals surface area contributed by atoms with Gasteiger partial charge in [0.15, 0.2) is 11.1 Å². The first-order valence-electron chi connectivity index (χ1n) is 7.93. The Morgan fingerprint density at radius 1 is 1.35 bits per heavy atom. The second-order valence-corrected chi connectivity index (χ2v) is 6.56. The van der Waals surface area contributed by atoms with Crippen LogP contribution in [0.4, 0.5) is 5.13 Å². The molecule has 0 bridgehead atoms. The number of allylic oxidation sites excluding steroid dienone is 1. The zero-order valence-electron chi connectivity index (χ0n) is 14.3. The zero-order valence-corrected chi connectivity index (χ0v) is 17.4. The highest BCUT2D eigenvalue weighted by Crippen LogP contribution is 2.19. The van der Waals surface area contributed by atoms with Crippen molar-refractivity contribution in [3.8, 4) is 0 Å². The summed E-state index contributed by atoms with van der Waals surface area (Å²) in [5.74, 6) is 0.843. The van der Waals surface area contributed by atoms with E-state index in [0.29, 0.717) is 6.54 Å². The lowest BCUT2D eigenvalue weighted by Gasteiger charge is -2.15. The van der Waals surface area contributed by atoms with Crippen LogP contribution in [-0.4, -0.2) is 38.6 Å². The number of rotatable bonds is 6. The van der Waals surface area contributed by atoms with Gasteiger partial charge in [-0.1, -0.05) is 11.6 Å². The fraction of sp³-hybridized carbons (Fsp3) is 0.625. The summed E-state index contributed by atoms with van der Waals surface area (Å²) in [7, 11) is 5.83. The zero-order chi connectivity index (χ0) is 15.8. The summed E-state index contributed by atoms with van der Waals surface area (Å²) >= 11 is 1.66. The van der Waals surface area contributed by atoms with Crippen molar-refractivity contribution < 1.29 is 0 Å². The molecule has 0 fully saturated rings. The number of anilines is 1. The third-order valence-electron chi connectivity index (χ3n) is 3.71.